The molecule has 0 aliphatic heterocycles. The first-order valence-corrected chi connectivity index (χ1v) is 5.75. The van der Waals surface area contributed by atoms with Gasteiger partial charge in [0.05, 0.1) is 18.5 Å². The van der Waals surface area contributed by atoms with E-state index in [1.54, 1.807) is 13.8 Å². The molecule has 0 fully saturated rings. The van der Waals surface area contributed by atoms with E-state index in [9.17, 15) is 4.79 Å². The van der Waals surface area contributed by atoms with Gasteiger partial charge in [-0.25, -0.2) is 4.79 Å². The van der Waals surface area contributed by atoms with Crippen LogP contribution in [0.3, 0.4) is 0 Å². The SMILES string of the molecule is C=COC(C)(OC(=C)C(=O)OC(C)C)OC(C)C. The number of carbonyl (C=O) groups excluding carboxylic acids is 1. The van der Waals surface area contributed by atoms with Gasteiger partial charge in [-0.3, -0.25) is 0 Å². The van der Waals surface area contributed by atoms with Gasteiger partial charge in [-0.2, -0.15) is 0 Å². The summed E-state index contributed by atoms with van der Waals surface area (Å²) in [4.78, 5) is 11.5. The second-order valence-electron chi connectivity index (χ2n) is 4.29. The summed E-state index contributed by atoms with van der Waals surface area (Å²) in [5.41, 5.74) is 0. The molecule has 0 aromatic heterocycles. The van der Waals surface area contributed by atoms with Crippen molar-refractivity contribution in [1.29, 1.82) is 0 Å². The number of ether oxygens (including phenoxy) is 4. The smallest absolute Gasteiger partial charge is 0.373 e. The van der Waals surface area contributed by atoms with Crippen LogP contribution in [0.25, 0.3) is 0 Å². The zero-order valence-corrected chi connectivity index (χ0v) is 11.7. The molecule has 0 heterocycles. The maximum Gasteiger partial charge on any atom is 0.373 e. The Labute approximate surface area is 108 Å². The highest BCUT2D eigenvalue weighted by molar-refractivity contribution is 5.85. The molecular formula is C13H22O5. The third-order valence-electron chi connectivity index (χ3n) is 1.63. The molecule has 0 rings (SSSR count). The molecule has 0 aromatic carbocycles. The third kappa shape index (κ3) is 6.30. The fourth-order valence-corrected chi connectivity index (χ4v) is 1.20. The highest BCUT2D eigenvalue weighted by atomic mass is 16.9. The van der Waals surface area contributed by atoms with E-state index >= 15 is 0 Å². The molecule has 5 nitrogen and oxygen atoms in total. The number of rotatable bonds is 8. The molecule has 0 spiro atoms. The van der Waals surface area contributed by atoms with E-state index in [4.69, 9.17) is 18.9 Å². The first-order valence-electron chi connectivity index (χ1n) is 5.75. The number of hydrogen-bond acceptors (Lipinski definition) is 5. The summed E-state index contributed by atoms with van der Waals surface area (Å²) in [5.74, 6) is -2.30. The third-order valence-corrected chi connectivity index (χ3v) is 1.63. The van der Waals surface area contributed by atoms with Crippen molar-refractivity contribution in [3.05, 3.63) is 25.2 Å². The van der Waals surface area contributed by atoms with Gasteiger partial charge < -0.3 is 18.9 Å². The molecular weight excluding hydrogens is 236 g/mol. The van der Waals surface area contributed by atoms with E-state index in [2.05, 4.69) is 13.2 Å². The second-order valence-corrected chi connectivity index (χ2v) is 4.29. The minimum atomic E-state index is -1.46. The van der Waals surface area contributed by atoms with Crippen LogP contribution in [0.1, 0.15) is 34.6 Å². The average molecular weight is 258 g/mol. The molecule has 0 aliphatic carbocycles. The van der Waals surface area contributed by atoms with E-state index < -0.39 is 11.9 Å². The summed E-state index contributed by atoms with van der Waals surface area (Å²) >= 11 is 0. The quantitative estimate of drug-likeness (QED) is 0.290. The van der Waals surface area contributed by atoms with Crippen LogP contribution in [0.4, 0.5) is 0 Å². The molecule has 1 unspecified atom stereocenters. The van der Waals surface area contributed by atoms with Crippen molar-refractivity contribution in [2.75, 3.05) is 0 Å². The summed E-state index contributed by atoms with van der Waals surface area (Å²) in [6.45, 7) is 15.5. The van der Waals surface area contributed by atoms with Crippen molar-refractivity contribution in [2.45, 2.75) is 52.8 Å². The van der Waals surface area contributed by atoms with Crippen LogP contribution in [-0.2, 0) is 23.7 Å². The molecule has 0 radical (unpaired) electrons. The number of hydrogen-bond donors (Lipinski definition) is 0. The Hall–Kier alpha value is -1.49. The van der Waals surface area contributed by atoms with Gasteiger partial charge in [0.1, 0.15) is 0 Å². The molecule has 0 N–H and O–H groups in total. The number of esters is 1. The maximum atomic E-state index is 11.5. The Kier molecular flexibility index (Phi) is 6.47. The average Bonchev–Trinajstić information content (AvgIpc) is 2.14. The summed E-state index contributed by atoms with van der Waals surface area (Å²) in [5, 5.41) is 0. The standard InChI is InChI=1S/C13H22O5/c1-8-15-13(7,17-10(4)5)18-11(6)12(14)16-9(2)3/h8-10H,1,6H2,2-5,7H3. The van der Waals surface area contributed by atoms with Crippen LogP contribution in [0.5, 0.6) is 0 Å². The van der Waals surface area contributed by atoms with Gasteiger partial charge in [-0.15, -0.1) is 0 Å². The molecule has 0 aromatic rings. The van der Waals surface area contributed by atoms with Gasteiger partial charge >= 0.3 is 11.9 Å². The fourth-order valence-electron chi connectivity index (χ4n) is 1.20. The summed E-state index contributed by atoms with van der Waals surface area (Å²) in [6.07, 6.45) is 0.753. The van der Waals surface area contributed by atoms with E-state index in [0.29, 0.717) is 0 Å². The minimum absolute atomic E-state index is 0.163. The van der Waals surface area contributed by atoms with Crippen LogP contribution in [0.2, 0.25) is 0 Å². The molecule has 104 valence electrons. The van der Waals surface area contributed by atoms with Crippen LogP contribution in [0.15, 0.2) is 25.2 Å². The predicted molar refractivity (Wildman–Crippen MR) is 67.4 cm³/mol. The first-order chi connectivity index (χ1) is 8.20. The van der Waals surface area contributed by atoms with Crippen molar-refractivity contribution in [3.8, 4) is 0 Å². The van der Waals surface area contributed by atoms with Crippen LogP contribution in [-0.4, -0.2) is 24.2 Å². The van der Waals surface area contributed by atoms with Crippen LogP contribution < -0.4 is 0 Å². The molecule has 0 bridgehead atoms. The molecule has 0 saturated heterocycles. The van der Waals surface area contributed by atoms with Gasteiger partial charge in [0, 0.05) is 6.92 Å². The van der Waals surface area contributed by atoms with Gasteiger partial charge in [0.15, 0.2) is 0 Å². The minimum Gasteiger partial charge on any atom is -0.457 e. The van der Waals surface area contributed by atoms with Crippen molar-refractivity contribution in [1.82, 2.24) is 0 Å². The van der Waals surface area contributed by atoms with Crippen molar-refractivity contribution < 1.29 is 23.7 Å². The molecule has 0 saturated carbocycles. The van der Waals surface area contributed by atoms with Crippen molar-refractivity contribution in [3.63, 3.8) is 0 Å². The highest BCUT2D eigenvalue weighted by Gasteiger charge is 2.33. The van der Waals surface area contributed by atoms with Gasteiger partial charge in [-0.1, -0.05) is 6.58 Å². The predicted octanol–water partition coefficient (Wildman–Crippen LogP) is 2.73. The largest absolute Gasteiger partial charge is 0.457 e. The van der Waals surface area contributed by atoms with E-state index in [-0.39, 0.29) is 18.0 Å². The highest BCUT2D eigenvalue weighted by Crippen LogP contribution is 2.21. The molecule has 0 amide bonds. The van der Waals surface area contributed by atoms with Crippen molar-refractivity contribution >= 4 is 5.97 Å². The summed E-state index contributed by atoms with van der Waals surface area (Å²) in [6, 6.07) is 0. The normalized spacial score (nSPS) is 13.9. The monoisotopic (exact) mass is 258 g/mol. The molecule has 0 aliphatic rings. The van der Waals surface area contributed by atoms with Gasteiger partial charge in [0.2, 0.25) is 5.76 Å². The summed E-state index contributed by atoms with van der Waals surface area (Å²) < 4.78 is 20.7. The lowest BCUT2D eigenvalue weighted by atomic mass is 10.4. The Balaban J connectivity index is 4.62. The summed E-state index contributed by atoms with van der Waals surface area (Å²) in [7, 11) is 0. The first kappa shape index (κ1) is 16.5. The van der Waals surface area contributed by atoms with E-state index in [0.717, 1.165) is 0 Å². The molecule has 1 atom stereocenters. The Bertz CT molecular complexity index is 309. The lowest BCUT2D eigenvalue weighted by molar-refractivity contribution is -0.346. The zero-order valence-electron chi connectivity index (χ0n) is 11.7. The Morgan fingerprint density at radius 2 is 1.78 bits per heavy atom. The lowest BCUT2D eigenvalue weighted by Crippen LogP contribution is -2.37. The zero-order chi connectivity index (χ0) is 14.3. The van der Waals surface area contributed by atoms with E-state index in [1.165, 1.54) is 13.2 Å². The Morgan fingerprint density at radius 1 is 1.22 bits per heavy atom. The van der Waals surface area contributed by atoms with Crippen LogP contribution in [0, 0.1) is 0 Å². The van der Waals surface area contributed by atoms with E-state index in [1.807, 2.05) is 13.8 Å². The Morgan fingerprint density at radius 3 is 2.17 bits per heavy atom. The second kappa shape index (κ2) is 7.06. The van der Waals surface area contributed by atoms with Crippen molar-refractivity contribution in [2.24, 2.45) is 0 Å². The van der Waals surface area contributed by atoms with Crippen LogP contribution >= 0.6 is 0 Å². The maximum absolute atomic E-state index is 11.5. The van der Waals surface area contributed by atoms with Gasteiger partial charge in [0.25, 0.3) is 0 Å². The lowest BCUT2D eigenvalue weighted by Gasteiger charge is -2.30. The number of carbonyl (C=O) groups is 1. The molecule has 5 heteroatoms. The fraction of sp³-hybridized carbons (Fsp3) is 0.615. The topological polar surface area (TPSA) is 54.0 Å². The molecule has 18 heavy (non-hydrogen) atoms. The van der Waals surface area contributed by atoms with Gasteiger partial charge in [-0.05, 0) is 34.3 Å².